The maximum Gasteiger partial charge on any atom is 0.220 e. The van der Waals surface area contributed by atoms with Crippen LogP contribution in [0.1, 0.15) is 245 Å². The molecule has 12 N–H and O–H groups in total. The third-order valence-electron chi connectivity index (χ3n) is 18.4. The number of carbonyl (C=O) groups is 1. The molecule has 0 aromatic carbocycles. The highest BCUT2D eigenvalue weighted by atomic mass is 16.8. The zero-order valence-corrected chi connectivity index (χ0v) is 61.6. The molecule has 0 saturated carbocycles. The van der Waals surface area contributed by atoms with Gasteiger partial charge >= 0.3 is 0 Å². The molecule has 0 radical (unpaired) electrons. The van der Waals surface area contributed by atoms with Crippen molar-refractivity contribution >= 4 is 5.91 Å². The molecule has 0 aromatic heterocycles. The van der Waals surface area contributed by atoms with E-state index in [0.717, 1.165) is 109 Å². The van der Waals surface area contributed by atoms with Crippen LogP contribution in [-0.2, 0) is 33.2 Å². The first-order chi connectivity index (χ1) is 49.3. The average Bonchev–Trinajstić information content (AvgIpc) is 0.782. The highest BCUT2D eigenvalue weighted by molar-refractivity contribution is 5.76. The second-order valence-corrected chi connectivity index (χ2v) is 27.1. The van der Waals surface area contributed by atoms with Gasteiger partial charge in [-0.2, -0.15) is 0 Å². The molecule has 3 heterocycles. The molecule has 0 bridgehead atoms. The minimum absolute atomic E-state index is 0.227. The molecular formula is C82H137NO18. The lowest BCUT2D eigenvalue weighted by Gasteiger charge is -2.48. The largest absolute Gasteiger partial charge is 0.394 e. The van der Waals surface area contributed by atoms with Gasteiger partial charge in [0, 0.05) is 6.42 Å². The van der Waals surface area contributed by atoms with Crippen LogP contribution in [0, 0.1) is 0 Å². The van der Waals surface area contributed by atoms with Crippen LogP contribution in [0.15, 0.2) is 134 Å². The lowest BCUT2D eigenvalue weighted by Crippen LogP contribution is -2.66. The van der Waals surface area contributed by atoms with Gasteiger partial charge in [-0.25, -0.2) is 0 Å². The molecular weight excluding hydrogens is 1290 g/mol. The van der Waals surface area contributed by atoms with E-state index in [0.29, 0.717) is 12.8 Å². The number of rotatable bonds is 59. The van der Waals surface area contributed by atoms with Crippen LogP contribution in [0.2, 0.25) is 0 Å². The SMILES string of the molecule is CC/C=C\C/C=C\C/C=C\C/C=C\C/C=C\C/C=C\C/C=C\C/C=C\C/C=C\CCCCCCCCCCCCCCCC(=O)NC(COC1OC(CO)C(OC2OC(CO)C(OC3OC(CO)C(O)C(O)C3O)C(O)C2O)C(O)C1O)C(O)/C=C/CC/C=C/CCCCCCCCCCC. The molecule has 0 aliphatic carbocycles. The summed E-state index contributed by atoms with van der Waals surface area (Å²) in [5.74, 6) is -0.291. The molecule has 0 spiro atoms. The summed E-state index contributed by atoms with van der Waals surface area (Å²) in [4.78, 5) is 13.4. The Hall–Kier alpha value is -4.07. The normalized spacial score (nSPS) is 27.1. The summed E-state index contributed by atoms with van der Waals surface area (Å²) in [6.07, 6.45) is 60.2. The van der Waals surface area contributed by atoms with E-state index in [1.165, 1.54) is 103 Å². The molecule has 3 aliphatic heterocycles. The summed E-state index contributed by atoms with van der Waals surface area (Å²) in [5, 5.41) is 121. The van der Waals surface area contributed by atoms with Crippen molar-refractivity contribution in [1.82, 2.24) is 5.32 Å². The molecule has 3 fully saturated rings. The Morgan fingerprint density at radius 2 is 0.693 bits per heavy atom. The zero-order chi connectivity index (χ0) is 73.2. The van der Waals surface area contributed by atoms with Crippen LogP contribution in [0.5, 0.6) is 0 Å². The van der Waals surface area contributed by atoms with Crippen molar-refractivity contribution in [3.63, 3.8) is 0 Å². The minimum atomic E-state index is -1.99. The first-order valence-electron chi connectivity index (χ1n) is 38.9. The monoisotopic (exact) mass is 1420 g/mol. The van der Waals surface area contributed by atoms with Gasteiger partial charge in [0.05, 0.1) is 38.6 Å². The van der Waals surface area contributed by atoms with E-state index in [2.05, 4.69) is 141 Å². The molecule has 3 saturated heterocycles. The van der Waals surface area contributed by atoms with Crippen molar-refractivity contribution in [1.29, 1.82) is 0 Å². The van der Waals surface area contributed by atoms with E-state index in [-0.39, 0.29) is 18.9 Å². The number of ether oxygens (including phenoxy) is 6. The molecule has 19 nitrogen and oxygen atoms in total. The van der Waals surface area contributed by atoms with Crippen molar-refractivity contribution in [3.05, 3.63) is 134 Å². The van der Waals surface area contributed by atoms with Crippen molar-refractivity contribution in [3.8, 4) is 0 Å². The van der Waals surface area contributed by atoms with Gasteiger partial charge in [0.15, 0.2) is 18.9 Å². The van der Waals surface area contributed by atoms with Crippen molar-refractivity contribution in [2.24, 2.45) is 0 Å². The molecule has 0 aromatic rings. The smallest absolute Gasteiger partial charge is 0.220 e. The second kappa shape index (κ2) is 61.1. The number of aliphatic hydroxyl groups excluding tert-OH is 11. The highest BCUT2D eigenvalue weighted by Gasteiger charge is 2.53. The molecule has 3 aliphatic rings. The van der Waals surface area contributed by atoms with Crippen molar-refractivity contribution in [2.75, 3.05) is 26.4 Å². The van der Waals surface area contributed by atoms with Gasteiger partial charge < -0.3 is 89.9 Å². The lowest BCUT2D eigenvalue weighted by molar-refractivity contribution is -0.379. The summed E-state index contributed by atoms with van der Waals surface area (Å²) >= 11 is 0. The Morgan fingerprint density at radius 3 is 1.11 bits per heavy atom. The first-order valence-corrected chi connectivity index (χ1v) is 38.9. The molecule has 19 heteroatoms. The van der Waals surface area contributed by atoms with E-state index in [1.54, 1.807) is 6.08 Å². The van der Waals surface area contributed by atoms with Gasteiger partial charge in [-0.3, -0.25) is 4.79 Å². The number of carbonyl (C=O) groups excluding carboxylic acids is 1. The van der Waals surface area contributed by atoms with E-state index in [1.807, 2.05) is 6.08 Å². The van der Waals surface area contributed by atoms with Crippen LogP contribution in [0.25, 0.3) is 0 Å². The van der Waals surface area contributed by atoms with Crippen LogP contribution in [0.4, 0.5) is 0 Å². The van der Waals surface area contributed by atoms with E-state index < -0.39 is 124 Å². The Balaban J connectivity index is 1.32. The number of hydrogen-bond acceptors (Lipinski definition) is 18. The maximum absolute atomic E-state index is 13.4. The van der Waals surface area contributed by atoms with Crippen LogP contribution < -0.4 is 5.32 Å². The summed E-state index contributed by atoms with van der Waals surface area (Å²) < 4.78 is 34.4. The molecule has 101 heavy (non-hydrogen) atoms. The van der Waals surface area contributed by atoms with Crippen molar-refractivity contribution < 1.29 is 89.4 Å². The van der Waals surface area contributed by atoms with Crippen LogP contribution in [0.3, 0.4) is 0 Å². The zero-order valence-electron chi connectivity index (χ0n) is 61.6. The fourth-order valence-corrected chi connectivity index (χ4v) is 12.2. The Morgan fingerprint density at radius 1 is 0.366 bits per heavy atom. The van der Waals surface area contributed by atoms with E-state index in [9.17, 15) is 61.0 Å². The Labute approximate surface area is 607 Å². The molecule has 1 amide bonds. The third kappa shape index (κ3) is 41.4. The fraction of sp³-hybridized carbons (Fsp3) is 0.720. The molecule has 17 atom stereocenters. The van der Waals surface area contributed by atoms with Crippen molar-refractivity contribution in [2.45, 2.75) is 349 Å². The van der Waals surface area contributed by atoms with Gasteiger partial charge in [0.2, 0.25) is 5.91 Å². The van der Waals surface area contributed by atoms with Gasteiger partial charge in [-0.1, -0.05) is 270 Å². The number of aliphatic hydroxyl groups is 11. The summed E-state index contributed by atoms with van der Waals surface area (Å²) in [6.45, 7) is 1.58. The van der Waals surface area contributed by atoms with E-state index >= 15 is 0 Å². The summed E-state index contributed by atoms with van der Waals surface area (Å²) in [5.41, 5.74) is 0. The predicted molar refractivity (Wildman–Crippen MR) is 401 cm³/mol. The number of hydrogen-bond donors (Lipinski definition) is 12. The van der Waals surface area contributed by atoms with Gasteiger partial charge in [0.1, 0.15) is 73.2 Å². The van der Waals surface area contributed by atoms with Gasteiger partial charge in [-0.05, 0) is 103 Å². The quantitative estimate of drug-likeness (QED) is 0.0199. The number of unbranched alkanes of at least 4 members (excludes halogenated alkanes) is 23. The average molecular weight is 1420 g/mol. The summed E-state index contributed by atoms with van der Waals surface area (Å²) in [7, 11) is 0. The lowest BCUT2D eigenvalue weighted by atomic mass is 9.96. The first kappa shape index (κ1) is 91.1. The minimum Gasteiger partial charge on any atom is -0.394 e. The third-order valence-corrected chi connectivity index (χ3v) is 18.4. The predicted octanol–water partition coefficient (Wildman–Crippen LogP) is 12.5. The molecule has 3 rings (SSSR count). The number of allylic oxidation sites excluding steroid dienone is 21. The Kier molecular flexibility index (Phi) is 55.2. The topological polar surface area (TPSA) is 307 Å². The molecule has 578 valence electrons. The standard InChI is InChI=1S/C82H137NO18/c1-3-5-7-9-11-13-15-17-19-20-21-22-23-24-25-26-27-28-29-30-31-32-33-34-35-36-37-38-39-40-41-42-43-44-46-48-50-52-54-56-58-60-70(88)83-65(66(87)59-57-55-53-51-49-47-45-18-16-14-12-10-8-6-4-2)64-96-80-76(94)73(91)78(68(62-85)98-80)101-82-77(95)74(92)79(69(63-86)99-82)100-81-75(93)72(90)71(89)67(61-84)97-81/h5,7,11,13,17,19,21-22,24-25,27-28,30-31,33-34,36-37,49,51,57,59,65-69,71-82,84-87,89-95H,3-4,6,8-10,12,14-16,18,20,23,26,29,32,35,38-48,50,52-56,58,60-64H2,1-2H3,(H,83,88)/b7-5-,13-11-,19-17-,22-21-,25-24-,28-27-,31-30-,34-33-,37-36-,51-49+,59-57+. The van der Waals surface area contributed by atoms with Crippen LogP contribution in [-0.4, -0.2) is 193 Å². The summed E-state index contributed by atoms with van der Waals surface area (Å²) in [6, 6.07) is -0.998. The highest BCUT2D eigenvalue weighted by Crippen LogP contribution is 2.33. The van der Waals surface area contributed by atoms with E-state index in [4.69, 9.17) is 28.4 Å². The fourth-order valence-electron chi connectivity index (χ4n) is 12.2. The molecule has 17 unspecified atom stereocenters. The van der Waals surface area contributed by atoms with Gasteiger partial charge in [0.25, 0.3) is 0 Å². The number of nitrogens with one attached hydrogen (secondary N) is 1. The van der Waals surface area contributed by atoms with Crippen LogP contribution >= 0.6 is 0 Å². The Bertz CT molecular complexity index is 2350. The second-order valence-electron chi connectivity index (χ2n) is 27.1. The maximum atomic E-state index is 13.4. The number of amides is 1. The van der Waals surface area contributed by atoms with Gasteiger partial charge in [-0.15, -0.1) is 0 Å².